The summed E-state index contributed by atoms with van der Waals surface area (Å²) in [6.45, 7) is 2.63. The molecule has 5 heteroatoms. The molecule has 0 aliphatic heterocycles. The van der Waals surface area contributed by atoms with Crippen molar-refractivity contribution < 1.29 is 5.11 Å². The molecule has 92 valence electrons. The number of hydrogen-bond acceptors (Lipinski definition) is 4. The summed E-state index contributed by atoms with van der Waals surface area (Å²) in [5, 5.41) is 15.2. The molecule has 2 unspecified atom stereocenters. The second kappa shape index (κ2) is 5.98. The van der Waals surface area contributed by atoms with Crippen molar-refractivity contribution in [2.45, 2.75) is 19.1 Å². The third-order valence-corrected chi connectivity index (χ3v) is 4.90. The molecule has 0 radical (unpaired) electrons. The molecule has 0 saturated heterocycles. The molecular formula is C12H14ClNOS2. The highest BCUT2D eigenvalue weighted by molar-refractivity contribution is 7.16. The van der Waals surface area contributed by atoms with Crippen LogP contribution in [-0.2, 0) is 0 Å². The first-order valence-corrected chi connectivity index (χ1v) is 7.44. The fourth-order valence-electron chi connectivity index (χ4n) is 1.53. The summed E-state index contributed by atoms with van der Waals surface area (Å²) in [7, 11) is 0. The van der Waals surface area contributed by atoms with Crippen molar-refractivity contribution in [3.8, 4) is 0 Å². The second-order valence-electron chi connectivity index (χ2n) is 3.80. The van der Waals surface area contributed by atoms with Crippen molar-refractivity contribution in [2.24, 2.45) is 0 Å². The molecular weight excluding hydrogens is 274 g/mol. The van der Waals surface area contributed by atoms with E-state index in [1.54, 1.807) is 22.7 Å². The van der Waals surface area contributed by atoms with Crippen molar-refractivity contribution in [2.75, 3.05) is 6.54 Å². The first-order valence-electron chi connectivity index (χ1n) is 5.37. The highest BCUT2D eigenvalue weighted by Gasteiger charge is 2.12. The molecule has 2 aromatic rings. The van der Waals surface area contributed by atoms with Gasteiger partial charge in [0.2, 0.25) is 0 Å². The summed E-state index contributed by atoms with van der Waals surface area (Å²) < 4.78 is 0.799. The van der Waals surface area contributed by atoms with Crippen LogP contribution in [0.25, 0.3) is 0 Å². The van der Waals surface area contributed by atoms with E-state index in [-0.39, 0.29) is 6.04 Å². The summed E-state index contributed by atoms with van der Waals surface area (Å²) >= 11 is 9.03. The zero-order valence-corrected chi connectivity index (χ0v) is 11.8. The minimum Gasteiger partial charge on any atom is -0.386 e. The topological polar surface area (TPSA) is 32.3 Å². The largest absolute Gasteiger partial charge is 0.386 e. The number of thiophene rings is 2. The lowest BCUT2D eigenvalue weighted by molar-refractivity contribution is 0.174. The summed E-state index contributed by atoms with van der Waals surface area (Å²) in [4.78, 5) is 2.18. The summed E-state index contributed by atoms with van der Waals surface area (Å²) in [6.07, 6.45) is -0.437. The van der Waals surface area contributed by atoms with Crippen LogP contribution in [0.2, 0.25) is 4.34 Å². The van der Waals surface area contributed by atoms with Crippen LogP contribution in [0.5, 0.6) is 0 Å². The van der Waals surface area contributed by atoms with E-state index >= 15 is 0 Å². The van der Waals surface area contributed by atoms with E-state index in [1.807, 2.05) is 29.6 Å². The molecule has 0 spiro atoms. The Morgan fingerprint density at radius 3 is 2.76 bits per heavy atom. The zero-order chi connectivity index (χ0) is 12.3. The number of rotatable bonds is 5. The number of hydrogen-bond donors (Lipinski definition) is 2. The van der Waals surface area contributed by atoms with Gasteiger partial charge in [-0.3, -0.25) is 0 Å². The summed E-state index contributed by atoms with van der Waals surface area (Å²) in [6, 6.07) is 8.02. The van der Waals surface area contributed by atoms with Gasteiger partial charge in [0.25, 0.3) is 0 Å². The zero-order valence-electron chi connectivity index (χ0n) is 9.39. The van der Waals surface area contributed by atoms with Gasteiger partial charge < -0.3 is 10.4 Å². The average molecular weight is 288 g/mol. The van der Waals surface area contributed by atoms with Crippen LogP contribution in [0.3, 0.4) is 0 Å². The van der Waals surface area contributed by atoms with Crippen LogP contribution >= 0.6 is 34.3 Å². The molecule has 2 heterocycles. The number of aliphatic hydroxyl groups excluding tert-OH is 1. The van der Waals surface area contributed by atoms with Gasteiger partial charge in [-0.05, 0) is 30.5 Å². The van der Waals surface area contributed by atoms with Gasteiger partial charge in [-0.15, -0.1) is 22.7 Å². The van der Waals surface area contributed by atoms with Gasteiger partial charge in [0.15, 0.2) is 0 Å². The van der Waals surface area contributed by atoms with Gasteiger partial charge in [0, 0.05) is 22.3 Å². The van der Waals surface area contributed by atoms with Crippen LogP contribution in [0.4, 0.5) is 0 Å². The SMILES string of the molecule is CC(NCC(O)c1cccs1)c1ccc(Cl)s1. The van der Waals surface area contributed by atoms with Crippen molar-refractivity contribution in [3.05, 3.63) is 43.7 Å². The van der Waals surface area contributed by atoms with Gasteiger partial charge in [-0.25, -0.2) is 0 Å². The summed E-state index contributed by atoms with van der Waals surface area (Å²) in [5.74, 6) is 0. The Morgan fingerprint density at radius 1 is 1.35 bits per heavy atom. The van der Waals surface area contributed by atoms with Crippen LogP contribution < -0.4 is 5.32 Å². The fraction of sp³-hybridized carbons (Fsp3) is 0.333. The Kier molecular flexibility index (Phi) is 4.59. The fourth-order valence-corrected chi connectivity index (χ4v) is 3.33. The minimum absolute atomic E-state index is 0.210. The monoisotopic (exact) mass is 287 g/mol. The van der Waals surface area contributed by atoms with E-state index in [1.165, 1.54) is 4.88 Å². The Morgan fingerprint density at radius 2 is 2.18 bits per heavy atom. The quantitative estimate of drug-likeness (QED) is 0.875. The molecule has 0 amide bonds. The van der Waals surface area contributed by atoms with E-state index in [9.17, 15) is 5.11 Å². The summed E-state index contributed by atoms with van der Waals surface area (Å²) in [5.41, 5.74) is 0. The molecule has 2 nitrogen and oxygen atoms in total. The first-order chi connectivity index (χ1) is 8.16. The maximum absolute atomic E-state index is 9.94. The van der Waals surface area contributed by atoms with Crippen LogP contribution in [-0.4, -0.2) is 11.7 Å². The number of halogens is 1. The lowest BCUT2D eigenvalue weighted by atomic mass is 10.2. The molecule has 0 fully saturated rings. The van der Waals surface area contributed by atoms with E-state index in [4.69, 9.17) is 11.6 Å². The minimum atomic E-state index is -0.437. The highest BCUT2D eigenvalue weighted by atomic mass is 35.5. The first kappa shape index (κ1) is 13.1. The van der Waals surface area contributed by atoms with Crippen molar-refractivity contribution in [3.63, 3.8) is 0 Å². The Labute approximate surface area is 114 Å². The van der Waals surface area contributed by atoms with E-state index < -0.39 is 6.10 Å². The van der Waals surface area contributed by atoms with Crippen molar-refractivity contribution in [1.82, 2.24) is 5.32 Å². The molecule has 2 rings (SSSR count). The molecule has 0 aliphatic rings. The van der Waals surface area contributed by atoms with Gasteiger partial charge in [-0.1, -0.05) is 17.7 Å². The van der Waals surface area contributed by atoms with Crippen LogP contribution in [0.15, 0.2) is 29.6 Å². The third kappa shape index (κ3) is 3.53. The predicted octanol–water partition coefficient (Wildman–Crippen LogP) is 3.85. The number of nitrogens with one attached hydrogen (secondary N) is 1. The predicted molar refractivity (Wildman–Crippen MR) is 75.0 cm³/mol. The Balaban J connectivity index is 1.86. The molecule has 2 aromatic heterocycles. The Hall–Kier alpha value is -0.390. The van der Waals surface area contributed by atoms with Crippen LogP contribution in [0.1, 0.15) is 28.8 Å². The molecule has 0 saturated carbocycles. The molecule has 0 bridgehead atoms. The van der Waals surface area contributed by atoms with E-state index in [0.29, 0.717) is 6.54 Å². The highest BCUT2D eigenvalue weighted by Crippen LogP contribution is 2.27. The standard InChI is InChI=1S/C12H14ClNOS2/c1-8(10-4-5-12(13)17-10)14-7-9(15)11-3-2-6-16-11/h2-6,8-9,14-15H,7H2,1H3. The molecule has 2 atom stereocenters. The van der Waals surface area contributed by atoms with Crippen molar-refractivity contribution in [1.29, 1.82) is 0 Å². The maximum atomic E-state index is 9.94. The van der Waals surface area contributed by atoms with Gasteiger partial charge >= 0.3 is 0 Å². The normalized spacial score (nSPS) is 14.8. The second-order valence-corrected chi connectivity index (χ2v) is 6.53. The third-order valence-electron chi connectivity index (χ3n) is 2.51. The van der Waals surface area contributed by atoms with Crippen molar-refractivity contribution >= 4 is 34.3 Å². The van der Waals surface area contributed by atoms with Gasteiger partial charge in [-0.2, -0.15) is 0 Å². The van der Waals surface area contributed by atoms with Gasteiger partial charge in [0.1, 0.15) is 6.10 Å². The Bertz CT molecular complexity index is 455. The van der Waals surface area contributed by atoms with Gasteiger partial charge in [0.05, 0.1) is 4.34 Å². The lowest BCUT2D eigenvalue weighted by Gasteiger charge is -2.15. The van der Waals surface area contributed by atoms with E-state index in [0.717, 1.165) is 9.21 Å². The molecule has 17 heavy (non-hydrogen) atoms. The van der Waals surface area contributed by atoms with E-state index in [2.05, 4.69) is 12.2 Å². The molecule has 2 N–H and O–H groups in total. The molecule has 0 aromatic carbocycles. The average Bonchev–Trinajstić information content (AvgIpc) is 2.95. The lowest BCUT2D eigenvalue weighted by Crippen LogP contribution is -2.23. The number of aliphatic hydroxyl groups is 1. The molecule has 0 aliphatic carbocycles. The smallest absolute Gasteiger partial charge is 0.101 e. The maximum Gasteiger partial charge on any atom is 0.101 e. The van der Waals surface area contributed by atoms with Crippen LogP contribution in [0, 0.1) is 0 Å².